The minimum absolute atomic E-state index is 0.161. The van der Waals surface area contributed by atoms with E-state index in [0.717, 1.165) is 24.9 Å². The first-order chi connectivity index (χ1) is 15.5. The molecular weight excluding hydrogens is 404 g/mol. The normalized spacial score (nSPS) is 22.5. The van der Waals surface area contributed by atoms with E-state index in [-0.39, 0.29) is 12.5 Å². The Morgan fingerprint density at radius 2 is 1.78 bits per heavy atom. The van der Waals surface area contributed by atoms with Crippen LogP contribution in [0.15, 0.2) is 54.6 Å². The number of carbonyl (C=O) groups excluding carboxylic acids is 2. The van der Waals surface area contributed by atoms with Crippen molar-refractivity contribution < 1.29 is 19.4 Å². The highest BCUT2D eigenvalue weighted by Crippen LogP contribution is 2.43. The second-order valence-corrected chi connectivity index (χ2v) is 8.97. The summed E-state index contributed by atoms with van der Waals surface area (Å²) >= 11 is 0. The molecule has 6 nitrogen and oxygen atoms in total. The molecule has 32 heavy (non-hydrogen) atoms. The second-order valence-electron chi connectivity index (χ2n) is 8.97. The van der Waals surface area contributed by atoms with Crippen LogP contribution in [0.3, 0.4) is 0 Å². The molecule has 0 aromatic heterocycles. The Kier molecular flexibility index (Phi) is 7.10. The van der Waals surface area contributed by atoms with Crippen LogP contribution in [0.2, 0.25) is 0 Å². The van der Waals surface area contributed by atoms with Gasteiger partial charge in [-0.2, -0.15) is 0 Å². The summed E-state index contributed by atoms with van der Waals surface area (Å²) in [4.78, 5) is 28.3. The van der Waals surface area contributed by atoms with Crippen LogP contribution in [0.25, 0.3) is 0 Å². The first-order valence-electron chi connectivity index (χ1n) is 11.5. The summed E-state index contributed by atoms with van der Waals surface area (Å²) in [7, 11) is 0. The predicted octanol–water partition coefficient (Wildman–Crippen LogP) is 3.69. The number of benzene rings is 2. The number of phenolic OH excluding ortho intramolecular Hbond substituents is 1. The van der Waals surface area contributed by atoms with Gasteiger partial charge in [-0.1, -0.05) is 42.5 Å². The largest absolute Gasteiger partial charge is 0.508 e. The van der Waals surface area contributed by atoms with Gasteiger partial charge in [0.2, 0.25) is 0 Å². The smallest absolute Gasteiger partial charge is 0.303 e. The fourth-order valence-corrected chi connectivity index (χ4v) is 5.28. The number of piperidine rings is 1. The van der Waals surface area contributed by atoms with Crippen molar-refractivity contribution in [3.63, 3.8) is 0 Å². The number of hydrogen-bond acceptors (Lipinski definition) is 5. The Balaban J connectivity index is 1.39. The Morgan fingerprint density at radius 1 is 1.06 bits per heavy atom. The van der Waals surface area contributed by atoms with Crippen molar-refractivity contribution in [1.29, 1.82) is 0 Å². The standard InChI is InChI=1S/C26H32N2O4/c1-19(29)32-18-26(31)27(17-20-6-3-2-4-7-20)12-13-28-23-10-11-24(28)15-22(14-23)21-8-5-9-25(30)16-21/h2-9,16,22-24,30H,10-15,17-18H2,1H3/t22?,23-,24+. The summed E-state index contributed by atoms with van der Waals surface area (Å²) in [6, 6.07) is 18.6. The van der Waals surface area contributed by atoms with Crippen molar-refractivity contribution in [3.05, 3.63) is 65.7 Å². The van der Waals surface area contributed by atoms with Crippen molar-refractivity contribution in [2.75, 3.05) is 19.7 Å². The zero-order valence-electron chi connectivity index (χ0n) is 18.7. The monoisotopic (exact) mass is 436 g/mol. The number of aromatic hydroxyl groups is 1. The van der Waals surface area contributed by atoms with Crippen molar-refractivity contribution in [2.24, 2.45) is 0 Å². The molecule has 2 fully saturated rings. The van der Waals surface area contributed by atoms with E-state index in [1.54, 1.807) is 11.0 Å². The molecule has 2 saturated heterocycles. The van der Waals surface area contributed by atoms with E-state index in [1.165, 1.54) is 25.3 Å². The summed E-state index contributed by atoms with van der Waals surface area (Å²) in [5.74, 6) is 0.207. The molecule has 2 aromatic rings. The molecule has 2 heterocycles. The van der Waals surface area contributed by atoms with Crippen molar-refractivity contribution in [2.45, 2.75) is 57.2 Å². The fourth-order valence-electron chi connectivity index (χ4n) is 5.28. The lowest BCUT2D eigenvalue weighted by atomic mass is 9.85. The van der Waals surface area contributed by atoms with Crippen LogP contribution in [-0.2, 0) is 20.9 Å². The van der Waals surface area contributed by atoms with E-state index in [4.69, 9.17) is 4.74 Å². The molecule has 0 spiro atoms. The molecule has 170 valence electrons. The maximum absolute atomic E-state index is 12.8. The first-order valence-corrected chi connectivity index (χ1v) is 11.5. The summed E-state index contributed by atoms with van der Waals surface area (Å²) in [6.45, 7) is 3.05. The molecule has 0 radical (unpaired) electrons. The Morgan fingerprint density at radius 3 is 2.44 bits per heavy atom. The average Bonchev–Trinajstić information content (AvgIpc) is 3.02. The number of esters is 1. The highest BCUT2D eigenvalue weighted by Gasteiger charge is 2.41. The zero-order chi connectivity index (χ0) is 22.5. The SMILES string of the molecule is CC(=O)OCC(=O)N(CCN1[C@@H]2CC[C@H]1CC(c1cccc(O)c1)C2)Cc1ccccc1. The summed E-state index contributed by atoms with van der Waals surface area (Å²) in [5.41, 5.74) is 2.29. The van der Waals surface area contributed by atoms with Gasteiger partial charge in [0.05, 0.1) is 0 Å². The lowest BCUT2D eigenvalue weighted by Crippen LogP contribution is -2.47. The zero-order valence-corrected chi connectivity index (χ0v) is 18.7. The molecule has 4 rings (SSSR count). The van der Waals surface area contributed by atoms with E-state index in [0.29, 0.717) is 36.8 Å². The summed E-state index contributed by atoms with van der Waals surface area (Å²) in [5, 5.41) is 9.86. The predicted molar refractivity (Wildman–Crippen MR) is 122 cm³/mol. The Bertz CT molecular complexity index is 918. The number of amides is 1. The van der Waals surface area contributed by atoms with Crippen LogP contribution in [0.1, 0.15) is 49.7 Å². The van der Waals surface area contributed by atoms with Crippen molar-refractivity contribution >= 4 is 11.9 Å². The molecule has 2 bridgehead atoms. The Hall–Kier alpha value is -2.86. The lowest BCUT2D eigenvalue weighted by molar-refractivity contribution is -0.150. The van der Waals surface area contributed by atoms with E-state index in [1.807, 2.05) is 42.5 Å². The van der Waals surface area contributed by atoms with Gasteiger partial charge in [0.15, 0.2) is 6.61 Å². The number of hydrogen-bond donors (Lipinski definition) is 1. The van der Waals surface area contributed by atoms with Gasteiger partial charge in [-0.3, -0.25) is 14.5 Å². The van der Waals surface area contributed by atoms with E-state index >= 15 is 0 Å². The molecule has 2 aliphatic heterocycles. The highest BCUT2D eigenvalue weighted by molar-refractivity contribution is 5.80. The summed E-state index contributed by atoms with van der Waals surface area (Å²) < 4.78 is 4.98. The molecule has 1 unspecified atom stereocenters. The Labute approximate surface area is 189 Å². The minimum Gasteiger partial charge on any atom is -0.508 e. The maximum Gasteiger partial charge on any atom is 0.303 e. The number of ether oxygens (including phenoxy) is 1. The summed E-state index contributed by atoms with van der Waals surface area (Å²) in [6.07, 6.45) is 4.53. The van der Waals surface area contributed by atoms with Gasteiger partial charge in [0.25, 0.3) is 5.91 Å². The number of rotatable bonds is 8. The number of nitrogens with zero attached hydrogens (tertiary/aromatic N) is 2. The fraction of sp³-hybridized carbons (Fsp3) is 0.462. The molecule has 2 aromatic carbocycles. The molecule has 0 saturated carbocycles. The third-order valence-electron chi connectivity index (χ3n) is 6.82. The third-order valence-corrected chi connectivity index (χ3v) is 6.82. The van der Waals surface area contributed by atoms with Crippen LogP contribution in [0.5, 0.6) is 5.75 Å². The van der Waals surface area contributed by atoms with E-state index in [2.05, 4.69) is 11.0 Å². The van der Waals surface area contributed by atoms with Gasteiger partial charge in [0, 0.05) is 38.6 Å². The topological polar surface area (TPSA) is 70.1 Å². The first kappa shape index (κ1) is 22.3. The quantitative estimate of drug-likeness (QED) is 0.639. The average molecular weight is 437 g/mol. The van der Waals surface area contributed by atoms with Gasteiger partial charge in [-0.25, -0.2) is 0 Å². The molecule has 2 aliphatic rings. The van der Waals surface area contributed by atoms with Gasteiger partial charge in [0.1, 0.15) is 5.75 Å². The maximum atomic E-state index is 12.8. The van der Waals surface area contributed by atoms with Crippen LogP contribution in [0.4, 0.5) is 0 Å². The highest BCUT2D eigenvalue weighted by atomic mass is 16.5. The van der Waals surface area contributed by atoms with E-state index in [9.17, 15) is 14.7 Å². The third kappa shape index (κ3) is 5.49. The van der Waals surface area contributed by atoms with Crippen LogP contribution < -0.4 is 0 Å². The molecule has 0 aliphatic carbocycles. The minimum atomic E-state index is -0.440. The molecule has 6 heteroatoms. The van der Waals surface area contributed by atoms with E-state index < -0.39 is 5.97 Å². The van der Waals surface area contributed by atoms with Crippen LogP contribution in [0, 0.1) is 0 Å². The molecule has 1 amide bonds. The number of phenols is 1. The van der Waals surface area contributed by atoms with Gasteiger partial charge < -0.3 is 14.7 Å². The van der Waals surface area contributed by atoms with Crippen LogP contribution >= 0.6 is 0 Å². The number of fused-ring (bicyclic) bond motifs is 2. The van der Waals surface area contributed by atoms with Crippen molar-refractivity contribution in [1.82, 2.24) is 9.80 Å². The van der Waals surface area contributed by atoms with Gasteiger partial charge >= 0.3 is 5.97 Å². The van der Waals surface area contributed by atoms with Crippen molar-refractivity contribution in [3.8, 4) is 5.75 Å². The lowest BCUT2D eigenvalue weighted by Gasteiger charge is -2.40. The van der Waals surface area contributed by atoms with Gasteiger partial charge in [-0.05, 0) is 54.9 Å². The number of carbonyl (C=O) groups is 2. The van der Waals surface area contributed by atoms with Crippen LogP contribution in [-0.4, -0.2) is 58.6 Å². The molecule has 3 atom stereocenters. The van der Waals surface area contributed by atoms with Gasteiger partial charge in [-0.15, -0.1) is 0 Å². The molecule has 1 N–H and O–H groups in total. The molecular formula is C26H32N2O4. The second kappa shape index (κ2) is 10.2.